The monoisotopic (exact) mass is 868 g/mol. The average Bonchev–Trinajstić information content (AvgIpc) is 3.78. The van der Waals surface area contributed by atoms with Crippen molar-refractivity contribution in [3.8, 4) is 0 Å². The van der Waals surface area contributed by atoms with Crippen LogP contribution in [0.4, 0.5) is 0 Å². The van der Waals surface area contributed by atoms with Gasteiger partial charge in [-0.1, -0.05) is 67.5 Å². The zero-order chi connectivity index (χ0) is 44.7. The number of rotatable bonds is 10. The molecule has 10 nitrogen and oxygen atoms in total. The molecule has 4 bridgehead atoms. The van der Waals surface area contributed by atoms with E-state index in [0.29, 0.717) is 44.9 Å². The van der Waals surface area contributed by atoms with Crippen LogP contribution in [0.2, 0.25) is 0 Å². The first-order valence-corrected chi connectivity index (χ1v) is 24.7. The van der Waals surface area contributed by atoms with Crippen molar-refractivity contribution in [3.05, 3.63) is 25.3 Å². The Hall–Kier alpha value is -2.05. The van der Waals surface area contributed by atoms with Crippen LogP contribution in [0, 0.1) is 68.0 Å². The van der Waals surface area contributed by atoms with E-state index in [4.69, 9.17) is 9.47 Å². The van der Waals surface area contributed by atoms with E-state index in [9.17, 15) is 34.5 Å². The summed E-state index contributed by atoms with van der Waals surface area (Å²) >= 11 is 1.39. The minimum absolute atomic E-state index is 0.0452. The molecule has 2 unspecified atom stereocenters. The lowest BCUT2D eigenvalue weighted by atomic mass is 9.44. The zero-order valence-corrected chi connectivity index (χ0v) is 39.2. The highest BCUT2D eigenvalue weighted by molar-refractivity contribution is 8.00. The Morgan fingerprint density at radius 2 is 1.18 bits per heavy atom. The maximum absolute atomic E-state index is 13.8. The molecule has 7 aliphatic rings. The van der Waals surface area contributed by atoms with E-state index in [0.717, 1.165) is 38.5 Å². The van der Waals surface area contributed by atoms with Crippen molar-refractivity contribution in [3.63, 3.8) is 0 Å². The summed E-state index contributed by atoms with van der Waals surface area (Å²) in [5.74, 6) is -0.766. The second kappa shape index (κ2) is 16.7. The summed E-state index contributed by atoms with van der Waals surface area (Å²) in [6.45, 7) is 25.0. The molecule has 11 heteroatoms. The van der Waals surface area contributed by atoms with Gasteiger partial charge >= 0.3 is 11.9 Å². The van der Waals surface area contributed by atoms with Gasteiger partial charge in [-0.15, -0.1) is 24.9 Å². The normalized spacial score (nSPS) is 50.8. The smallest absolute Gasteiger partial charge is 0.320 e. The number of hydrogen-bond acceptors (Lipinski definition) is 11. The summed E-state index contributed by atoms with van der Waals surface area (Å²) in [7, 11) is 0. The van der Waals surface area contributed by atoms with Crippen molar-refractivity contribution >= 4 is 35.3 Å². The number of Topliss-reactive ketones (excluding diaryl/α,β-unsaturated/α-hetero) is 2. The lowest BCUT2D eigenvalue weighted by Gasteiger charge is -2.61. The summed E-state index contributed by atoms with van der Waals surface area (Å²) in [4.78, 5) is 55.1. The van der Waals surface area contributed by atoms with E-state index in [2.05, 4.69) is 60.0 Å². The Morgan fingerprint density at radius 1 is 0.721 bits per heavy atom. The number of nitrogens with one attached hydrogen (secondary N) is 1. The summed E-state index contributed by atoms with van der Waals surface area (Å²) in [5, 5.41) is 38.2. The summed E-state index contributed by atoms with van der Waals surface area (Å²) in [5.41, 5.74) is -3.26. The lowest BCUT2D eigenvalue weighted by Crippen LogP contribution is -2.63. The van der Waals surface area contributed by atoms with Gasteiger partial charge in [0.2, 0.25) is 0 Å². The molecule has 7 rings (SSSR count). The van der Waals surface area contributed by atoms with Crippen LogP contribution < -0.4 is 5.32 Å². The minimum Gasteiger partial charge on any atom is -0.461 e. The summed E-state index contributed by atoms with van der Waals surface area (Å²) < 4.78 is 12.9. The Morgan fingerprint density at radius 3 is 1.62 bits per heavy atom. The summed E-state index contributed by atoms with van der Waals surface area (Å²) in [6.07, 6.45) is 8.85. The molecular weight excluding hydrogens is 791 g/mol. The highest BCUT2D eigenvalue weighted by Crippen LogP contribution is 2.69. The molecule has 7 aliphatic carbocycles. The molecule has 4 N–H and O–H groups in total. The molecule has 19 atom stereocenters. The molecule has 0 aromatic heterocycles. The number of hydrogen-bond donors (Lipinski definition) is 4. The fourth-order valence-electron chi connectivity index (χ4n) is 15.3. The number of ketones is 2. The van der Waals surface area contributed by atoms with Gasteiger partial charge in [0.1, 0.15) is 23.8 Å². The van der Waals surface area contributed by atoms with Crippen molar-refractivity contribution < 1.29 is 44.0 Å². The van der Waals surface area contributed by atoms with Crippen LogP contribution in [0.3, 0.4) is 0 Å². The van der Waals surface area contributed by atoms with Crippen molar-refractivity contribution in [2.45, 2.75) is 181 Å². The van der Waals surface area contributed by atoms with E-state index in [-0.39, 0.29) is 87.5 Å². The van der Waals surface area contributed by atoms with Crippen molar-refractivity contribution in [2.24, 2.45) is 68.0 Å². The maximum atomic E-state index is 13.8. The van der Waals surface area contributed by atoms with Crippen LogP contribution in [-0.4, -0.2) is 92.9 Å². The molecule has 0 aromatic rings. The zero-order valence-electron chi connectivity index (χ0n) is 38.4. The highest BCUT2D eigenvalue weighted by Gasteiger charge is 2.70. The number of esters is 2. The topological polar surface area (TPSA) is 159 Å². The maximum Gasteiger partial charge on any atom is 0.320 e. The van der Waals surface area contributed by atoms with Crippen LogP contribution >= 0.6 is 11.8 Å². The molecule has 0 amide bonds. The van der Waals surface area contributed by atoms with E-state index < -0.39 is 58.1 Å². The number of aliphatic hydroxyl groups is 3. The van der Waals surface area contributed by atoms with E-state index in [1.54, 1.807) is 0 Å². The average molecular weight is 868 g/mol. The number of carbonyl (C=O) groups excluding carboxylic acids is 4. The molecule has 7 saturated carbocycles. The van der Waals surface area contributed by atoms with Crippen LogP contribution in [0.25, 0.3) is 0 Å². The Kier molecular flexibility index (Phi) is 12.9. The van der Waals surface area contributed by atoms with Crippen LogP contribution in [0.1, 0.15) is 139 Å². The third-order valence-corrected chi connectivity index (χ3v) is 21.2. The van der Waals surface area contributed by atoms with Gasteiger partial charge in [-0.2, -0.15) is 0 Å². The fraction of sp³-hybridized carbons (Fsp3) is 0.840. The largest absolute Gasteiger partial charge is 0.461 e. The molecule has 0 aliphatic heterocycles. The molecule has 0 spiro atoms. The quantitative estimate of drug-likeness (QED) is 0.128. The first kappa shape index (κ1) is 46.9. The van der Waals surface area contributed by atoms with Crippen LogP contribution in [0.15, 0.2) is 25.3 Å². The van der Waals surface area contributed by atoms with Crippen molar-refractivity contribution in [1.82, 2.24) is 5.32 Å². The molecule has 61 heavy (non-hydrogen) atoms. The molecule has 342 valence electrons. The minimum atomic E-state index is -0.726. The third-order valence-electron chi connectivity index (χ3n) is 19.9. The Labute approximate surface area is 369 Å². The van der Waals surface area contributed by atoms with E-state index >= 15 is 0 Å². The van der Waals surface area contributed by atoms with Gasteiger partial charge in [-0.3, -0.25) is 19.2 Å². The molecule has 0 aromatic carbocycles. The Bertz CT molecular complexity index is 1760. The van der Waals surface area contributed by atoms with Crippen molar-refractivity contribution in [1.29, 1.82) is 0 Å². The van der Waals surface area contributed by atoms with Gasteiger partial charge in [0.25, 0.3) is 0 Å². The van der Waals surface area contributed by atoms with Crippen molar-refractivity contribution in [2.75, 3.05) is 12.3 Å². The Balaban J connectivity index is 0.967. The van der Waals surface area contributed by atoms with Gasteiger partial charge in [-0.25, -0.2) is 0 Å². The number of ether oxygens (including phenoxy) is 2. The standard InChI is InChI=1S/C50H77NO9S/c1-11-45(7)24-37(47(9)28(3)15-19-49(30(5)43(45)57)21-17-33(52)41(47)49)59-39(55)26-51-32-13-14-36(35(54)23-32)61-27-40(56)60-38-25-46(8,12-2)44(58)31(6)50-20-16-29(4)48(38,10)42(50)34(53)18-22-50/h11-12,28-32,35-38,41-44,51,54,57-58H,1-2,13-27H2,3-10H3/t28?,29?,30-,31-,32+,35+,36+,37+,38+,41-,42-,43-,44-,45+,46+,47-,48-,49-,50-/m0/s1. The third kappa shape index (κ3) is 7.36. The lowest BCUT2D eigenvalue weighted by molar-refractivity contribution is -0.206. The predicted molar refractivity (Wildman–Crippen MR) is 237 cm³/mol. The SMILES string of the molecule is C=C[C@]1(C)C[C@@H](OC(=O)CN[C@@H]2CC[C@@H](SCC(=O)O[C@@H]3C[C@@](C)(C=C)[C@@H](O)[C@H](C)[C@]45CCC(=O)[C@H]4[C@@]3(C)C(C)CC5)[C@H](O)C2)[C@]2(C)C(C)CC[C@]3(CCC(=O)[C@H]32)[C@@H](C)[C@@H]1O. The van der Waals surface area contributed by atoms with Gasteiger partial charge < -0.3 is 30.1 Å². The highest BCUT2D eigenvalue weighted by atomic mass is 32.2. The second-order valence-electron chi connectivity index (χ2n) is 22.4. The van der Waals surface area contributed by atoms with Crippen LogP contribution in [0.5, 0.6) is 0 Å². The van der Waals surface area contributed by atoms with Gasteiger partial charge in [0.15, 0.2) is 0 Å². The second-order valence-corrected chi connectivity index (χ2v) is 23.7. The van der Waals surface area contributed by atoms with E-state index in [1.165, 1.54) is 11.8 Å². The van der Waals surface area contributed by atoms with Gasteiger partial charge in [0, 0.05) is 57.6 Å². The van der Waals surface area contributed by atoms with Crippen LogP contribution in [-0.2, 0) is 28.7 Å². The first-order chi connectivity index (χ1) is 28.6. The molecule has 0 radical (unpaired) electrons. The van der Waals surface area contributed by atoms with Gasteiger partial charge in [-0.05, 0) is 105 Å². The molecule has 7 fully saturated rings. The number of thioether (sulfide) groups is 1. The van der Waals surface area contributed by atoms with Gasteiger partial charge in [0.05, 0.1) is 30.6 Å². The predicted octanol–water partition coefficient (Wildman–Crippen LogP) is 7.40. The first-order valence-electron chi connectivity index (χ1n) is 23.7. The molecule has 0 heterocycles. The number of aliphatic hydroxyl groups excluding tert-OH is 3. The molecular formula is C50H77NO9S. The fourth-order valence-corrected chi connectivity index (χ4v) is 16.4. The summed E-state index contributed by atoms with van der Waals surface area (Å²) in [6, 6.07) is -0.129. The molecule has 0 saturated heterocycles. The van der Waals surface area contributed by atoms with E-state index in [1.807, 2.05) is 26.0 Å². The number of carbonyl (C=O) groups is 4.